The van der Waals surface area contributed by atoms with Crippen molar-refractivity contribution in [2.24, 2.45) is 5.41 Å². The average molecular weight is 612 g/mol. The summed E-state index contributed by atoms with van der Waals surface area (Å²) in [5, 5.41) is 19.4. The average Bonchev–Trinajstić information content (AvgIpc) is 3.42. The van der Waals surface area contributed by atoms with E-state index in [4.69, 9.17) is 14.3 Å². The van der Waals surface area contributed by atoms with Gasteiger partial charge in [-0.05, 0) is 37.0 Å². The third-order valence-corrected chi connectivity index (χ3v) is 7.96. The second-order valence-corrected chi connectivity index (χ2v) is 11.4. The van der Waals surface area contributed by atoms with Crippen molar-refractivity contribution in [2.45, 2.75) is 70.2 Å². The molecule has 3 atom stereocenters. The summed E-state index contributed by atoms with van der Waals surface area (Å²) in [6, 6.07) is 13.1. The number of carbonyl (C=O) groups excluding carboxylic acids is 3. The van der Waals surface area contributed by atoms with Crippen LogP contribution in [0, 0.1) is 5.41 Å². The van der Waals surface area contributed by atoms with Crippen LogP contribution in [0.15, 0.2) is 54.7 Å². The van der Waals surface area contributed by atoms with Gasteiger partial charge in [0.1, 0.15) is 25.1 Å². The molecule has 2 amide bonds. The molecule has 1 aliphatic heterocycles. The third kappa shape index (κ3) is 9.91. The number of ether oxygens (including phenoxy) is 2. The van der Waals surface area contributed by atoms with Crippen molar-refractivity contribution in [2.75, 3.05) is 31.6 Å². The van der Waals surface area contributed by atoms with E-state index in [1.807, 2.05) is 49.4 Å². The molecule has 0 spiro atoms. The van der Waals surface area contributed by atoms with Crippen LogP contribution in [-0.2, 0) is 35.3 Å². The number of carbonyl (C=O) groups is 4. The Labute approximate surface area is 256 Å². The Kier molecular flexibility index (Phi) is 11.9. The quantitative estimate of drug-likeness (QED) is 0.232. The first-order chi connectivity index (χ1) is 21.2. The van der Waals surface area contributed by atoms with Gasteiger partial charge < -0.3 is 35.4 Å². The highest BCUT2D eigenvalue weighted by molar-refractivity contribution is 5.88. The minimum atomic E-state index is -1.26. The molecule has 0 bridgehead atoms. The van der Waals surface area contributed by atoms with Crippen molar-refractivity contribution in [1.29, 1.82) is 0 Å². The second kappa shape index (κ2) is 16.0. The predicted molar refractivity (Wildman–Crippen MR) is 159 cm³/mol. The summed E-state index contributed by atoms with van der Waals surface area (Å²) in [4.78, 5) is 59.4. The maximum atomic E-state index is 12.8. The molecule has 1 aromatic carbocycles. The number of pyridine rings is 1. The number of carboxylic acids is 1. The molecule has 1 aromatic heterocycles. The van der Waals surface area contributed by atoms with E-state index in [0.29, 0.717) is 31.6 Å². The first-order valence-corrected chi connectivity index (χ1v) is 14.9. The van der Waals surface area contributed by atoms with Crippen molar-refractivity contribution in [3.05, 3.63) is 60.3 Å². The number of nitrogens with zero attached hydrogens (tertiary/aromatic N) is 2. The van der Waals surface area contributed by atoms with Crippen molar-refractivity contribution in [3.8, 4) is 0 Å². The van der Waals surface area contributed by atoms with Crippen LogP contribution in [0.3, 0.4) is 0 Å². The largest absolute Gasteiger partial charge is 0.528 e. The minimum absolute atomic E-state index is 0.0570. The van der Waals surface area contributed by atoms with E-state index in [2.05, 4.69) is 20.9 Å². The highest BCUT2D eigenvalue weighted by Crippen LogP contribution is 2.36. The highest BCUT2D eigenvalue weighted by Gasteiger charge is 2.38. The van der Waals surface area contributed by atoms with E-state index in [9.17, 15) is 24.3 Å². The molecule has 44 heavy (non-hydrogen) atoms. The molecule has 4 N–H and O–H groups in total. The lowest BCUT2D eigenvalue weighted by molar-refractivity contribution is -0.145. The van der Waals surface area contributed by atoms with E-state index in [1.165, 1.54) is 5.06 Å². The summed E-state index contributed by atoms with van der Waals surface area (Å²) in [6.45, 7) is 1.87. The number of hydrogen-bond acceptors (Lipinski definition) is 10. The van der Waals surface area contributed by atoms with Crippen LogP contribution in [0.2, 0.25) is 0 Å². The lowest BCUT2D eigenvalue weighted by atomic mass is 9.75. The molecule has 2 fully saturated rings. The number of rotatable bonds is 14. The molecule has 0 radical (unpaired) electrons. The van der Waals surface area contributed by atoms with Gasteiger partial charge in [-0.3, -0.25) is 9.59 Å². The molecular formula is C31H41N5O8. The van der Waals surface area contributed by atoms with Crippen LogP contribution in [-0.4, -0.2) is 83.5 Å². The monoisotopic (exact) mass is 611 g/mol. The molecule has 1 saturated carbocycles. The molecule has 2 aromatic rings. The molecular weight excluding hydrogens is 570 g/mol. The lowest BCUT2D eigenvalue weighted by Gasteiger charge is -2.33. The van der Waals surface area contributed by atoms with Gasteiger partial charge in [-0.1, -0.05) is 62.6 Å². The Morgan fingerprint density at radius 2 is 1.82 bits per heavy atom. The number of hydroxylamine groups is 2. The molecule has 2 aliphatic rings. The Morgan fingerprint density at radius 1 is 1.07 bits per heavy atom. The molecule has 13 heteroatoms. The minimum Gasteiger partial charge on any atom is -0.480 e. The Bertz CT molecular complexity index is 1240. The van der Waals surface area contributed by atoms with Gasteiger partial charge >= 0.3 is 12.1 Å². The van der Waals surface area contributed by atoms with Gasteiger partial charge in [0.05, 0.1) is 18.7 Å². The van der Waals surface area contributed by atoms with Crippen molar-refractivity contribution >= 4 is 29.8 Å². The molecule has 238 valence electrons. The van der Waals surface area contributed by atoms with Crippen LogP contribution in [0.5, 0.6) is 0 Å². The van der Waals surface area contributed by atoms with Crippen LogP contribution in [0.4, 0.5) is 10.6 Å². The summed E-state index contributed by atoms with van der Waals surface area (Å²) in [7, 11) is 0. The number of aliphatic carboxylic acids is 1. The molecule has 1 saturated heterocycles. The third-order valence-electron chi connectivity index (χ3n) is 7.96. The second-order valence-electron chi connectivity index (χ2n) is 11.4. The maximum Gasteiger partial charge on any atom is 0.528 e. The molecule has 4 rings (SSSR count). The van der Waals surface area contributed by atoms with E-state index < -0.39 is 35.6 Å². The molecule has 3 unspecified atom stereocenters. The van der Waals surface area contributed by atoms with Crippen molar-refractivity contribution in [1.82, 2.24) is 20.7 Å². The fourth-order valence-electron chi connectivity index (χ4n) is 5.34. The number of hydrogen-bond donors (Lipinski definition) is 4. The zero-order chi connectivity index (χ0) is 31.4. The van der Waals surface area contributed by atoms with Gasteiger partial charge in [-0.15, -0.1) is 5.06 Å². The Morgan fingerprint density at radius 3 is 2.52 bits per heavy atom. The van der Waals surface area contributed by atoms with Gasteiger partial charge in [0, 0.05) is 24.7 Å². The van der Waals surface area contributed by atoms with E-state index in [1.54, 1.807) is 12.3 Å². The van der Waals surface area contributed by atoms with Gasteiger partial charge in [0.2, 0.25) is 11.8 Å². The van der Waals surface area contributed by atoms with Crippen LogP contribution in [0.1, 0.15) is 51.0 Å². The number of anilines is 1. The lowest BCUT2D eigenvalue weighted by Crippen LogP contribution is -2.53. The first kappa shape index (κ1) is 32.7. The summed E-state index contributed by atoms with van der Waals surface area (Å²) in [5.41, 5.74) is 0.213. The molecule has 1 aliphatic carbocycles. The van der Waals surface area contributed by atoms with Gasteiger partial charge in [0.15, 0.2) is 0 Å². The number of benzene rings is 1. The number of amides is 2. The summed E-state index contributed by atoms with van der Waals surface area (Å²) >= 11 is 0. The van der Waals surface area contributed by atoms with Crippen LogP contribution >= 0.6 is 0 Å². The fraction of sp³-hybridized carbons (Fsp3) is 0.516. The number of carboxylic acid groups (broad SMARTS) is 1. The highest BCUT2D eigenvalue weighted by atomic mass is 16.8. The first-order valence-electron chi connectivity index (χ1n) is 14.9. The van der Waals surface area contributed by atoms with Gasteiger partial charge in [0.25, 0.3) is 0 Å². The fourth-order valence-corrected chi connectivity index (χ4v) is 5.34. The van der Waals surface area contributed by atoms with E-state index in [-0.39, 0.29) is 38.3 Å². The number of aromatic nitrogens is 1. The van der Waals surface area contributed by atoms with E-state index in [0.717, 1.165) is 24.8 Å². The summed E-state index contributed by atoms with van der Waals surface area (Å²) in [5.74, 6) is -1.42. The zero-order valence-corrected chi connectivity index (χ0v) is 24.9. The molecule has 13 nitrogen and oxygen atoms in total. The molecule has 2 heterocycles. The Balaban J connectivity index is 1.26. The smallest absolute Gasteiger partial charge is 0.480 e. The Hall–Kier alpha value is -4.23. The summed E-state index contributed by atoms with van der Waals surface area (Å²) < 4.78 is 11.1. The topological polar surface area (TPSA) is 168 Å². The van der Waals surface area contributed by atoms with Crippen molar-refractivity contribution in [3.63, 3.8) is 0 Å². The number of nitrogens with one attached hydrogen (secondary N) is 3. The summed E-state index contributed by atoms with van der Waals surface area (Å²) in [6.07, 6.45) is 5.10. The van der Waals surface area contributed by atoms with Crippen LogP contribution < -0.4 is 16.0 Å². The normalized spacial score (nSPS) is 20.2. The van der Waals surface area contributed by atoms with Crippen molar-refractivity contribution < 1.29 is 38.6 Å². The van der Waals surface area contributed by atoms with Gasteiger partial charge in [-0.2, -0.15) is 0 Å². The van der Waals surface area contributed by atoms with Gasteiger partial charge in [-0.25, -0.2) is 14.6 Å². The standard InChI is InChI=1S/C31H41N5O8/c1-31(13-7-3-8-14-31)29(40)35-25(28(38)39)18-34-27(37)21-42-24-16-23(17-33-26-12-6-9-15-32-26)36(19-24)44-30(41)43-20-22-10-4-2-5-11-22/h2,4-6,9-12,15,23-25H,3,7-8,13-14,16-21H2,1H3,(H,32,33)(H,34,37)(H,35,40)(H,38,39). The van der Waals surface area contributed by atoms with E-state index >= 15 is 0 Å². The van der Waals surface area contributed by atoms with Crippen LogP contribution in [0.25, 0.3) is 0 Å². The predicted octanol–water partition coefficient (Wildman–Crippen LogP) is 2.88. The maximum absolute atomic E-state index is 12.8. The SMILES string of the molecule is CC1(C(=O)NC(CNC(=O)COC2CC(CNc3ccccn3)N(OC(=O)OCc3ccccc3)C2)C(=O)O)CCCCC1. The zero-order valence-electron chi connectivity index (χ0n) is 24.9.